The Labute approximate surface area is 83.9 Å². The van der Waals surface area contributed by atoms with Gasteiger partial charge in [-0.3, -0.25) is 0 Å². The molecule has 0 radical (unpaired) electrons. The van der Waals surface area contributed by atoms with Gasteiger partial charge in [0.15, 0.2) is 0 Å². The molecule has 0 unspecified atom stereocenters. The molecule has 0 atom stereocenters. The number of nitrogens with one attached hydrogen (secondary N) is 1. The van der Waals surface area contributed by atoms with Crippen LogP contribution < -0.4 is 11.1 Å². The third kappa shape index (κ3) is 3.51. The van der Waals surface area contributed by atoms with Crippen LogP contribution in [0.3, 0.4) is 0 Å². The van der Waals surface area contributed by atoms with Crippen molar-refractivity contribution in [3.8, 4) is 0 Å². The molecule has 82 valence electrons. The smallest absolute Gasteiger partial charge is 0.407 e. The first-order valence-electron chi connectivity index (χ1n) is 4.93. The van der Waals surface area contributed by atoms with Gasteiger partial charge in [-0.1, -0.05) is 13.3 Å². The normalized spacial score (nSPS) is 18.4. The van der Waals surface area contributed by atoms with Crippen molar-refractivity contribution >= 4 is 6.09 Å². The number of nitrogens with two attached hydrogens (primary N) is 1. The maximum absolute atomic E-state index is 11.1. The summed E-state index contributed by atoms with van der Waals surface area (Å²) >= 11 is 0. The zero-order valence-corrected chi connectivity index (χ0v) is 8.54. The Morgan fingerprint density at radius 2 is 2.36 bits per heavy atom. The number of ether oxygens (including phenoxy) is 2. The van der Waals surface area contributed by atoms with Gasteiger partial charge in [-0.25, -0.2) is 4.79 Å². The zero-order chi connectivity index (χ0) is 10.4. The number of hydrogen-bond donors (Lipinski definition) is 2. The van der Waals surface area contributed by atoms with Crippen LogP contribution in [-0.2, 0) is 9.47 Å². The highest BCUT2D eigenvalue weighted by molar-refractivity contribution is 5.67. The van der Waals surface area contributed by atoms with E-state index in [4.69, 9.17) is 15.2 Å². The van der Waals surface area contributed by atoms with E-state index in [-0.39, 0.29) is 5.54 Å². The standard InChI is InChI=1S/C9H18N2O3/c1-2-3-4-14-8(12)11-5-9(10)6-13-7-9/h2-7,10H2,1H3,(H,11,12). The molecule has 1 rings (SSSR count). The van der Waals surface area contributed by atoms with E-state index >= 15 is 0 Å². The lowest BCUT2D eigenvalue weighted by molar-refractivity contribution is -0.0517. The lowest BCUT2D eigenvalue weighted by atomic mass is 10.00. The Kier molecular flexibility index (Phi) is 4.16. The summed E-state index contributed by atoms with van der Waals surface area (Å²) in [6.07, 6.45) is 1.52. The fourth-order valence-corrected chi connectivity index (χ4v) is 1.07. The molecule has 1 heterocycles. The first-order valence-corrected chi connectivity index (χ1v) is 4.93. The molecule has 0 aromatic carbocycles. The molecular formula is C9H18N2O3. The lowest BCUT2D eigenvalue weighted by Crippen LogP contribution is -2.63. The summed E-state index contributed by atoms with van der Waals surface area (Å²) in [5, 5.41) is 2.62. The van der Waals surface area contributed by atoms with E-state index < -0.39 is 6.09 Å². The van der Waals surface area contributed by atoms with E-state index in [9.17, 15) is 4.79 Å². The Morgan fingerprint density at radius 1 is 1.64 bits per heavy atom. The number of unbranched alkanes of at least 4 members (excludes halogenated alkanes) is 1. The maximum Gasteiger partial charge on any atom is 0.407 e. The highest BCUT2D eigenvalue weighted by atomic mass is 16.5. The predicted octanol–water partition coefficient (Wildman–Crippen LogP) is 0.240. The van der Waals surface area contributed by atoms with Gasteiger partial charge in [0.2, 0.25) is 0 Å². The first-order chi connectivity index (χ1) is 6.66. The summed E-state index contributed by atoms with van der Waals surface area (Å²) in [6, 6.07) is 0. The molecule has 5 nitrogen and oxygen atoms in total. The van der Waals surface area contributed by atoms with Crippen molar-refractivity contribution < 1.29 is 14.3 Å². The molecule has 1 saturated heterocycles. The molecule has 5 heteroatoms. The van der Waals surface area contributed by atoms with Crippen molar-refractivity contribution in [2.75, 3.05) is 26.4 Å². The molecule has 14 heavy (non-hydrogen) atoms. The van der Waals surface area contributed by atoms with Crippen molar-refractivity contribution in [1.82, 2.24) is 5.32 Å². The van der Waals surface area contributed by atoms with Gasteiger partial charge in [-0.15, -0.1) is 0 Å². The van der Waals surface area contributed by atoms with Gasteiger partial charge in [-0.2, -0.15) is 0 Å². The fraction of sp³-hybridized carbons (Fsp3) is 0.889. The van der Waals surface area contributed by atoms with Crippen molar-refractivity contribution in [2.24, 2.45) is 5.73 Å². The fourth-order valence-electron chi connectivity index (χ4n) is 1.07. The van der Waals surface area contributed by atoms with Crippen LogP contribution in [0.4, 0.5) is 4.79 Å². The van der Waals surface area contributed by atoms with Gasteiger partial charge in [0.25, 0.3) is 0 Å². The Bertz CT molecular complexity index is 192. The summed E-state index contributed by atoms with van der Waals surface area (Å²) in [5.41, 5.74) is 5.43. The predicted molar refractivity (Wildman–Crippen MR) is 52.0 cm³/mol. The molecule has 1 fully saturated rings. The molecule has 1 aliphatic heterocycles. The van der Waals surface area contributed by atoms with Crippen LogP contribution in [0.15, 0.2) is 0 Å². The number of carbonyl (C=O) groups is 1. The molecule has 0 bridgehead atoms. The van der Waals surface area contributed by atoms with Crippen LogP contribution in [0.1, 0.15) is 19.8 Å². The molecule has 0 aromatic rings. The average Bonchev–Trinajstić information content (AvgIpc) is 2.12. The minimum atomic E-state index is -0.393. The van der Waals surface area contributed by atoms with Crippen molar-refractivity contribution in [1.29, 1.82) is 0 Å². The van der Waals surface area contributed by atoms with Gasteiger partial charge in [0.1, 0.15) is 0 Å². The second-order valence-corrected chi connectivity index (χ2v) is 3.70. The number of carbonyl (C=O) groups excluding carboxylic acids is 1. The number of alkyl carbamates (subject to hydrolysis) is 1. The van der Waals surface area contributed by atoms with Crippen molar-refractivity contribution in [3.63, 3.8) is 0 Å². The average molecular weight is 202 g/mol. The lowest BCUT2D eigenvalue weighted by Gasteiger charge is -2.37. The van der Waals surface area contributed by atoms with Crippen molar-refractivity contribution in [2.45, 2.75) is 25.3 Å². The molecule has 3 N–H and O–H groups in total. The maximum atomic E-state index is 11.1. The SMILES string of the molecule is CCCCOC(=O)NCC1(N)COC1. The van der Waals surface area contributed by atoms with Crippen LogP contribution >= 0.6 is 0 Å². The monoisotopic (exact) mass is 202 g/mol. The molecule has 1 aliphatic rings. The van der Waals surface area contributed by atoms with Crippen LogP contribution in [-0.4, -0.2) is 38.0 Å². The minimum absolute atomic E-state index is 0.385. The van der Waals surface area contributed by atoms with E-state index in [1.807, 2.05) is 6.92 Å². The van der Waals surface area contributed by atoms with Crippen LogP contribution in [0.5, 0.6) is 0 Å². The highest BCUT2D eigenvalue weighted by Gasteiger charge is 2.34. The van der Waals surface area contributed by atoms with E-state index in [1.54, 1.807) is 0 Å². The third-order valence-electron chi connectivity index (χ3n) is 2.09. The van der Waals surface area contributed by atoms with Gasteiger partial charge in [0.05, 0.1) is 25.4 Å². The zero-order valence-electron chi connectivity index (χ0n) is 8.54. The summed E-state index contributed by atoms with van der Waals surface area (Å²) in [5.74, 6) is 0. The van der Waals surface area contributed by atoms with Crippen LogP contribution in [0.2, 0.25) is 0 Å². The van der Waals surface area contributed by atoms with Crippen molar-refractivity contribution in [3.05, 3.63) is 0 Å². The largest absolute Gasteiger partial charge is 0.450 e. The summed E-state index contributed by atoms with van der Waals surface area (Å²) in [6.45, 7) is 3.93. The summed E-state index contributed by atoms with van der Waals surface area (Å²) in [7, 11) is 0. The van der Waals surface area contributed by atoms with Crippen LogP contribution in [0.25, 0.3) is 0 Å². The second-order valence-electron chi connectivity index (χ2n) is 3.70. The van der Waals surface area contributed by atoms with E-state index in [2.05, 4.69) is 5.32 Å². The van der Waals surface area contributed by atoms with Crippen LogP contribution in [0, 0.1) is 0 Å². The molecule has 0 saturated carbocycles. The Balaban J connectivity index is 2.03. The van der Waals surface area contributed by atoms with Gasteiger partial charge < -0.3 is 20.5 Å². The second kappa shape index (κ2) is 5.17. The topological polar surface area (TPSA) is 73.6 Å². The molecule has 0 aliphatic carbocycles. The number of hydrogen-bond acceptors (Lipinski definition) is 4. The molecule has 0 spiro atoms. The van der Waals surface area contributed by atoms with Gasteiger partial charge >= 0.3 is 6.09 Å². The van der Waals surface area contributed by atoms with E-state index in [1.165, 1.54) is 0 Å². The Hall–Kier alpha value is -0.810. The highest BCUT2D eigenvalue weighted by Crippen LogP contribution is 2.11. The van der Waals surface area contributed by atoms with Gasteiger partial charge in [0, 0.05) is 6.54 Å². The van der Waals surface area contributed by atoms with E-state index in [0.29, 0.717) is 26.4 Å². The third-order valence-corrected chi connectivity index (χ3v) is 2.09. The summed E-state index contributed by atoms with van der Waals surface area (Å²) < 4.78 is 9.85. The molecule has 0 aromatic heterocycles. The quantitative estimate of drug-likeness (QED) is 0.626. The molecular weight excluding hydrogens is 184 g/mol. The summed E-state index contributed by atoms with van der Waals surface area (Å²) in [4.78, 5) is 11.1. The van der Waals surface area contributed by atoms with Gasteiger partial charge in [-0.05, 0) is 6.42 Å². The van der Waals surface area contributed by atoms with E-state index in [0.717, 1.165) is 12.8 Å². The minimum Gasteiger partial charge on any atom is -0.450 e. The number of rotatable bonds is 5. The number of amides is 1. The Morgan fingerprint density at radius 3 is 2.86 bits per heavy atom. The molecule has 1 amide bonds. The first kappa shape index (κ1) is 11.3.